The van der Waals surface area contributed by atoms with Crippen molar-refractivity contribution in [2.24, 2.45) is 0 Å². The molecule has 2 amide bonds. The van der Waals surface area contributed by atoms with Gasteiger partial charge >= 0.3 is 0 Å². The van der Waals surface area contributed by atoms with E-state index in [9.17, 15) is 9.59 Å². The molecule has 0 atom stereocenters. The van der Waals surface area contributed by atoms with Crippen LogP contribution in [0.1, 0.15) is 34.3 Å². The van der Waals surface area contributed by atoms with E-state index in [1.807, 2.05) is 61.5 Å². The van der Waals surface area contributed by atoms with Crippen LogP contribution in [0, 0.1) is 6.92 Å². The highest BCUT2D eigenvalue weighted by atomic mass is 16.7. The molecular weight excluding hydrogens is 404 g/mol. The van der Waals surface area contributed by atoms with Crippen molar-refractivity contribution in [3.8, 4) is 22.6 Å². The zero-order valence-electron chi connectivity index (χ0n) is 18.0. The highest BCUT2D eigenvalue weighted by Crippen LogP contribution is 2.51. The summed E-state index contributed by atoms with van der Waals surface area (Å²) >= 11 is 0. The Hall–Kier alpha value is -3.80. The summed E-state index contributed by atoms with van der Waals surface area (Å²) < 4.78 is 10.9. The van der Waals surface area contributed by atoms with Crippen LogP contribution in [0.3, 0.4) is 0 Å². The predicted molar refractivity (Wildman–Crippen MR) is 122 cm³/mol. The van der Waals surface area contributed by atoms with Crippen molar-refractivity contribution >= 4 is 17.5 Å². The topological polar surface area (TPSA) is 76.7 Å². The number of hydrogen-bond acceptors (Lipinski definition) is 4. The van der Waals surface area contributed by atoms with Gasteiger partial charge in [0.15, 0.2) is 11.5 Å². The molecule has 0 radical (unpaired) electrons. The van der Waals surface area contributed by atoms with Crippen molar-refractivity contribution in [3.63, 3.8) is 0 Å². The van der Waals surface area contributed by atoms with Crippen molar-refractivity contribution < 1.29 is 19.1 Å². The van der Waals surface area contributed by atoms with Crippen LogP contribution in [0.15, 0.2) is 60.7 Å². The largest absolute Gasteiger partial charge is 0.454 e. The number of amides is 2. The third-order valence-electron chi connectivity index (χ3n) is 6.27. The molecule has 0 saturated heterocycles. The molecule has 1 fully saturated rings. The fourth-order valence-corrected chi connectivity index (χ4v) is 4.20. The molecule has 1 aliphatic heterocycles. The van der Waals surface area contributed by atoms with Gasteiger partial charge in [-0.1, -0.05) is 24.3 Å². The van der Waals surface area contributed by atoms with Crippen LogP contribution >= 0.6 is 0 Å². The van der Waals surface area contributed by atoms with E-state index in [0.717, 1.165) is 40.8 Å². The molecule has 5 rings (SSSR count). The van der Waals surface area contributed by atoms with Gasteiger partial charge in [-0.3, -0.25) is 9.59 Å². The van der Waals surface area contributed by atoms with Crippen molar-refractivity contribution in [2.45, 2.75) is 25.2 Å². The lowest BCUT2D eigenvalue weighted by Gasteiger charge is -2.17. The summed E-state index contributed by atoms with van der Waals surface area (Å²) in [5, 5.41) is 5.76. The van der Waals surface area contributed by atoms with E-state index in [-0.39, 0.29) is 18.6 Å². The molecule has 1 saturated carbocycles. The Morgan fingerprint density at radius 3 is 2.53 bits per heavy atom. The molecule has 32 heavy (non-hydrogen) atoms. The summed E-state index contributed by atoms with van der Waals surface area (Å²) in [4.78, 5) is 25.3. The molecule has 0 aromatic heterocycles. The maximum atomic E-state index is 13.3. The van der Waals surface area contributed by atoms with Crippen LogP contribution in [-0.2, 0) is 10.2 Å². The monoisotopic (exact) mass is 428 g/mol. The molecule has 0 unspecified atom stereocenters. The summed E-state index contributed by atoms with van der Waals surface area (Å²) in [5.41, 5.74) is 4.70. The zero-order chi connectivity index (χ0) is 22.3. The Morgan fingerprint density at radius 2 is 1.75 bits per heavy atom. The van der Waals surface area contributed by atoms with Crippen LogP contribution in [-0.4, -0.2) is 25.7 Å². The molecule has 0 bridgehead atoms. The first-order valence-corrected chi connectivity index (χ1v) is 10.6. The smallest absolute Gasteiger partial charge is 0.251 e. The molecule has 162 valence electrons. The number of carbonyl (C=O) groups is 2. The predicted octanol–water partition coefficient (Wildman–Crippen LogP) is 4.42. The number of ether oxygens (including phenoxy) is 2. The molecule has 1 aliphatic carbocycles. The summed E-state index contributed by atoms with van der Waals surface area (Å²) in [5.74, 6) is 1.25. The zero-order valence-corrected chi connectivity index (χ0v) is 18.0. The number of nitrogens with one attached hydrogen (secondary N) is 2. The van der Waals surface area contributed by atoms with Crippen LogP contribution in [0.25, 0.3) is 11.1 Å². The molecule has 0 spiro atoms. The van der Waals surface area contributed by atoms with Crippen LogP contribution < -0.4 is 20.1 Å². The maximum absolute atomic E-state index is 13.3. The summed E-state index contributed by atoms with van der Waals surface area (Å²) in [6.07, 6.45) is 1.59. The van der Waals surface area contributed by atoms with Gasteiger partial charge in [0.05, 0.1) is 5.41 Å². The fourth-order valence-electron chi connectivity index (χ4n) is 4.20. The summed E-state index contributed by atoms with van der Waals surface area (Å²) in [7, 11) is 1.62. The Kier molecular flexibility index (Phi) is 4.85. The van der Waals surface area contributed by atoms with Gasteiger partial charge in [0.25, 0.3) is 5.91 Å². The SMILES string of the molecule is CNC(=O)c1cccc(-c2cc(NC(=O)C3(c4ccc5c(c4)OCO5)CC3)ccc2C)c1. The Bertz CT molecular complexity index is 1230. The lowest BCUT2D eigenvalue weighted by Crippen LogP contribution is -2.27. The molecule has 6 nitrogen and oxygen atoms in total. The maximum Gasteiger partial charge on any atom is 0.251 e. The van der Waals surface area contributed by atoms with Crippen LogP contribution in [0.2, 0.25) is 0 Å². The van der Waals surface area contributed by atoms with Gasteiger partial charge < -0.3 is 20.1 Å². The Morgan fingerprint density at radius 1 is 0.938 bits per heavy atom. The third-order valence-corrected chi connectivity index (χ3v) is 6.27. The van der Waals surface area contributed by atoms with E-state index in [1.54, 1.807) is 13.1 Å². The average molecular weight is 428 g/mol. The Balaban J connectivity index is 1.41. The van der Waals surface area contributed by atoms with Crippen molar-refractivity contribution in [2.75, 3.05) is 19.2 Å². The average Bonchev–Trinajstić information content (AvgIpc) is 3.50. The van der Waals surface area contributed by atoms with Gasteiger partial charge in [-0.05, 0) is 78.4 Å². The molecule has 1 heterocycles. The van der Waals surface area contributed by atoms with Crippen molar-refractivity contribution in [3.05, 3.63) is 77.4 Å². The highest BCUT2D eigenvalue weighted by molar-refractivity contribution is 6.02. The number of hydrogen-bond donors (Lipinski definition) is 2. The minimum Gasteiger partial charge on any atom is -0.454 e. The quantitative estimate of drug-likeness (QED) is 0.631. The van der Waals surface area contributed by atoms with E-state index < -0.39 is 5.41 Å². The van der Waals surface area contributed by atoms with Crippen LogP contribution in [0.5, 0.6) is 11.5 Å². The van der Waals surface area contributed by atoms with Crippen molar-refractivity contribution in [1.29, 1.82) is 0 Å². The number of fused-ring (bicyclic) bond motifs is 1. The van der Waals surface area contributed by atoms with Gasteiger partial charge in [-0.15, -0.1) is 0 Å². The van der Waals surface area contributed by atoms with Crippen molar-refractivity contribution in [1.82, 2.24) is 5.32 Å². The van der Waals surface area contributed by atoms with E-state index >= 15 is 0 Å². The first-order valence-electron chi connectivity index (χ1n) is 10.6. The van der Waals surface area contributed by atoms with E-state index in [0.29, 0.717) is 17.1 Å². The molecule has 3 aromatic rings. The molecule has 2 N–H and O–H groups in total. The molecular formula is C26H24N2O4. The second kappa shape index (κ2) is 7.71. The lowest BCUT2D eigenvalue weighted by molar-refractivity contribution is -0.118. The highest BCUT2D eigenvalue weighted by Gasteiger charge is 2.51. The van der Waals surface area contributed by atoms with Gasteiger partial charge in [0.1, 0.15) is 0 Å². The molecule has 6 heteroatoms. The minimum absolute atomic E-state index is 0.0229. The summed E-state index contributed by atoms with van der Waals surface area (Å²) in [6, 6.07) is 19.1. The summed E-state index contributed by atoms with van der Waals surface area (Å²) in [6.45, 7) is 2.23. The van der Waals surface area contributed by atoms with Gasteiger partial charge in [-0.25, -0.2) is 0 Å². The minimum atomic E-state index is -0.537. The standard InChI is InChI=1S/C26H24N2O4/c1-16-6-8-20(14-21(16)17-4-3-5-18(12-17)24(29)27-2)28-25(30)26(10-11-26)19-7-9-22-23(13-19)32-15-31-22/h3-9,12-14H,10-11,15H2,1-2H3,(H,27,29)(H,28,30). The number of anilines is 1. The number of benzene rings is 3. The second-order valence-corrected chi connectivity index (χ2v) is 8.29. The lowest BCUT2D eigenvalue weighted by atomic mass is 9.94. The number of aryl methyl sites for hydroxylation is 1. The van der Waals surface area contributed by atoms with Gasteiger partial charge in [-0.2, -0.15) is 0 Å². The molecule has 3 aromatic carbocycles. The number of carbonyl (C=O) groups excluding carboxylic acids is 2. The van der Waals surface area contributed by atoms with Crippen LogP contribution in [0.4, 0.5) is 5.69 Å². The molecule has 2 aliphatic rings. The van der Waals surface area contributed by atoms with Gasteiger partial charge in [0.2, 0.25) is 12.7 Å². The van der Waals surface area contributed by atoms with E-state index in [4.69, 9.17) is 9.47 Å². The first-order chi connectivity index (χ1) is 15.5. The fraction of sp³-hybridized carbons (Fsp3) is 0.231. The third kappa shape index (κ3) is 3.47. The first kappa shape index (κ1) is 20.1. The normalized spacial score (nSPS) is 15.2. The van der Waals surface area contributed by atoms with Gasteiger partial charge in [0, 0.05) is 18.3 Å². The Labute approximate surface area is 186 Å². The second-order valence-electron chi connectivity index (χ2n) is 8.29. The number of rotatable bonds is 5. The van der Waals surface area contributed by atoms with E-state index in [1.165, 1.54) is 0 Å². The van der Waals surface area contributed by atoms with E-state index in [2.05, 4.69) is 10.6 Å².